The van der Waals surface area contributed by atoms with E-state index in [4.69, 9.17) is 11.6 Å². The molecule has 1 atom stereocenters. The number of benzene rings is 1. The molecule has 1 aliphatic heterocycles. The Morgan fingerprint density at radius 2 is 2.08 bits per heavy atom. The first kappa shape index (κ1) is 18.2. The number of hydrogen-bond donors (Lipinski definition) is 2. The van der Waals surface area contributed by atoms with E-state index < -0.39 is 12.0 Å². The average molecular weight is 354 g/mol. The summed E-state index contributed by atoms with van der Waals surface area (Å²) in [5, 5.41) is 6.13. The van der Waals surface area contributed by atoms with Crippen molar-refractivity contribution in [2.75, 3.05) is 26.7 Å². The highest BCUT2D eigenvalue weighted by Gasteiger charge is 2.32. The van der Waals surface area contributed by atoms with Crippen molar-refractivity contribution in [3.8, 4) is 0 Å². The molecule has 0 bridgehead atoms. The predicted octanol–water partition coefficient (Wildman–Crippen LogP) is 0.320. The number of hydrogen-bond acceptors (Lipinski definition) is 5. The van der Waals surface area contributed by atoms with Gasteiger partial charge in [0, 0.05) is 24.7 Å². The summed E-state index contributed by atoms with van der Waals surface area (Å²) >= 11 is 5.82. The number of nitrogens with one attached hydrogen (secondary N) is 2. The van der Waals surface area contributed by atoms with E-state index in [1.165, 1.54) is 7.11 Å². The van der Waals surface area contributed by atoms with Gasteiger partial charge in [0.2, 0.25) is 11.8 Å². The molecule has 1 saturated heterocycles. The van der Waals surface area contributed by atoms with Crippen LogP contribution in [0.25, 0.3) is 0 Å². The number of ether oxygens (including phenoxy) is 1. The molecule has 130 valence electrons. The first-order valence-corrected chi connectivity index (χ1v) is 7.97. The van der Waals surface area contributed by atoms with Crippen molar-refractivity contribution in [1.29, 1.82) is 0 Å². The number of carbonyl (C=O) groups is 3. The Hall–Kier alpha value is -2.12. The molecule has 8 heteroatoms. The summed E-state index contributed by atoms with van der Waals surface area (Å²) in [5.74, 6) is -0.963. The maximum atomic E-state index is 12.1. The van der Waals surface area contributed by atoms with E-state index in [0.29, 0.717) is 24.7 Å². The molecule has 0 aromatic heterocycles. The Morgan fingerprint density at radius 3 is 2.75 bits per heavy atom. The standard InChI is InChI=1S/C16H20ClN3O4/c1-24-15(22)8-13-16(23)18-6-7-20(13)10-14(21)19-9-11-2-4-12(17)5-3-11/h2-5,13H,6-10H2,1H3,(H,18,23)(H,19,21)/t13-/m0/s1. The number of halogens is 1. The van der Waals surface area contributed by atoms with Crippen LogP contribution in [0.2, 0.25) is 5.02 Å². The zero-order valence-electron chi connectivity index (χ0n) is 13.4. The van der Waals surface area contributed by atoms with Gasteiger partial charge in [-0.3, -0.25) is 19.3 Å². The maximum Gasteiger partial charge on any atom is 0.307 e. The number of methoxy groups -OCH3 is 1. The fourth-order valence-electron chi connectivity index (χ4n) is 2.46. The second-order valence-corrected chi connectivity index (χ2v) is 5.90. The molecule has 1 heterocycles. The number of rotatable bonds is 6. The second kappa shape index (κ2) is 8.65. The van der Waals surface area contributed by atoms with Crippen LogP contribution in [0, 0.1) is 0 Å². The van der Waals surface area contributed by atoms with Crippen molar-refractivity contribution in [3.05, 3.63) is 34.9 Å². The number of piperazine rings is 1. The van der Waals surface area contributed by atoms with Crippen LogP contribution in [0.3, 0.4) is 0 Å². The van der Waals surface area contributed by atoms with Crippen LogP contribution in [-0.4, -0.2) is 55.5 Å². The van der Waals surface area contributed by atoms with E-state index in [0.717, 1.165) is 5.56 Å². The molecule has 0 aliphatic carbocycles. The summed E-state index contributed by atoms with van der Waals surface area (Å²) in [5.41, 5.74) is 0.926. The van der Waals surface area contributed by atoms with Gasteiger partial charge in [0.05, 0.1) is 20.1 Å². The minimum Gasteiger partial charge on any atom is -0.469 e. The minimum atomic E-state index is -0.688. The van der Waals surface area contributed by atoms with Crippen molar-refractivity contribution >= 4 is 29.4 Å². The highest BCUT2D eigenvalue weighted by molar-refractivity contribution is 6.30. The fourth-order valence-corrected chi connectivity index (χ4v) is 2.58. The predicted molar refractivity (Wildman–Crippen MR) is 88.3 cm³/mol. The summed E-state index contributed by atoms with van der Waals surface area (Å²) in [6.07, 6.45) is -0.0766. The molecule has 1 aromatic carbocycles. The molecule has 0 unspecified atom stereocenters. The van der Waals surface area contributed by atoms with E-state index in [2.05, 4.69) is 15.4 Å². The van der Waals surface area contributed by atoms with Crippen LogP contribution in [0.4, 0.5) is 0 Å². The van der Waals surface area contributed by atoms with Gasteiger partial charge >= 0.3 is 5.97 Å². The van der Waals surface area contributed by atoms with Gasteiger partial charge in [0.15, 0.2) is 0 Å². The Balaban J connectivity index is 1.89. The van der Waals surface area contributed by atoms with E-state index in [1.807, 2.05) is 12.1 Å². The maximum absolute atomic E-state index is 12.1. The molecule has 0 radical (unpaired) electrons. The lowest BCUT2D eigenvalue weighted by Crippen LogP contribution is -2.57. The number of esters is 1. The summed E-state index contributed by atoms with van der Waals surface area (Å²) in [7, 11) is 1.27. The SMILES string of the molecule is COC(=O)C[C@H]1C(=O)NCCN1CC(=O)NCc1ccc(Cl)cc1. The van der Waals surface area contributed by atoms with Crippen molar-refractivity contribution in [3.63, 3.8) is 0 Å². The number of amides is 2. The van der Waals surface area contributed by atoms with Crippen molar-refractivity contribution in [2.45, 2.75) is 19.0 Å². The second-order valence-electron chi connectivity index (χ2n) is 5.46. The highest BCUT2D eigenvalue weighted by atomic mass is 35.5. The van der Waals surface area contributed by atoms with Gasteiger partial charge in [-0.25, -0.2) is 0 Å². The molecule has 24 heavy (non-hydrogen) atoms. The zero-order chi connectivity index (χ0) is 17.5. The van der Waals surface area contributed by atoms with Crippen molar-refractivity contribution in [1.82, 2.24) is 15.5 Å². The molecular formula is C16H20ClN3O4. The van der Waals surface area contributed by atoms with Crippen LogP contribution in [0.1, 0.15) is 12.0 Å². The van der Waals surface area contributed by atoms with Crippen LogP contribution < -0.4 is 10.6 Å². The Morgan fingerprint density at radius 1 is 1.38 bits per heavy atom. The first-order chi connectivity index (χ1) is 11.5. The van der Waals surface area contributed by atoms with Gasteiger partial charge in [-0.05, 0) is 17.7 Å². The molecule has 0 spiro atoms. The molecule has 2 N–H and O–H groups in total. The lowest BCUT2D eigenvalue weighted by molar-refractivity contribution is -0.146. The molecule has 7 nitrogen and oxygen atoms in total. The van der Waals surface area contributed by atoms with Gasteiger partial charge in [0.25, 0.3) is 0 Å². The molecule has 2 rings (SSSR count). The van der Waals surface area contributed by atoms with Crippen molar-refractivity contribution in [2.24, 2.45) is 0 Å². The first-order valence-electron chi connectivity index (χ1n) is 7.59. The number of nitrogens with zero attached hydrogens (tertiary/aromatic N) is 1. The van der Waals surface area contributed by atoms with Gasteiger partial charge in [-0.1, -0.05) is 23.7 Å². The average Bonchev–Trinajstić information content (AvgIpc) is 2.57. The molecule has 0 saturated carbocycles. The van der Waals surface area contributed by atoms with Gasteiger partial charge in [0.1, 0.15) is 6.04 Å². The topological polar surface area (TPSA) is 87.7 Å². The summed E-state index contributed by atoms with van der Waals surface area (Å²) in [4.78, 5) is 37.2. The summed E-state index contributed by atoms with van der Waals surface area (Å²) in [6.45, 7) is 1.36. The lowest BCUT2D eigenvalue weighted by atomic mass is 10.1. The molecule has 1 aliphatic rings. The molecule has 2 amide bonds. The van der Waals surface area contributed by atoms with Crippen LogP contribution in [-0.2, 0) is 25.7 Å². The third-order valence-electron chi connectivity index (χ3n) is 3.78. The molecule has 1 aromatic rings. The minimum absolute atomic E-state index is 0.0443. The summed E-state index contributed by atoms with van der Waals surface area (Å²) in [6, 6.07) is 6.48. The quantitative estimate of drug-likeness (QED) is 0.719. The Kier molecular flexibility index (Phi) is 6.57. The van der Waals surface area contributed by atoms with Crippen molar-refractivity contribution < 1.29 is 19.1 Å². The fraction of sp³-hybridized carbons (Fsp3) is 0.438. The molecular weight excluding hydrogens is 334 g/mol. The lowest BCUT2D eigenvalue weighted by Gasteiger charge is -2.33. The summed E-state index contributed by atoms with van der Waals surface area (Å²) < 4.78 is 4.61. The van der Waals surface area contributed by atoms with Gasteiger partial charge < -0.3 is 15.4 Å². The zero-order valence-corrected chi connectivity index (χ0v) is 14.1. The van der Waals surface area contributed by atoms with Crippen LogP contribution >= 0.6 is 11.6 Å². The smallest absolute Gasteiger partial charge is 0.307 e. The third-order valence-corrected chi connectivity index (χ3v) is 4.03. The van der Waals surface area contributed by atoms with E-state index >= 15 is 0 Å². The van der Waals surface area contributed by atoms with Crippen LogP contribution in [0.15, 0.2) is 24.3 Å². The van der Waals surface area contributed by atoms with E-state index in [9.17, 15) is 14.4 Å². The largest absolute Gasteiger partial charge is 0.469 e. The van der Waals surface area contributed by atoms with Crippen LogP contribution in [0.5, 0.6) is 0 Å². The third kappa shape index (κ3) is 5.21. The number of carbonyl (C=O) groups excluding carboxylic acids is 3. The van der Waals surface area contributed by atoms with Gasteiger partial charge in [-0.15, -0.1) is 0 Å². The highest BCUT2D eigenvalue weighted by Crippen LogP contribution is 2.11. The monoisotopic (exact) mass is 353 g/mol. The molecule has 1 fully saturated rings. The normalized spacial score (nSPS) is 17.9. The Labute approximate surface area is 145 Å². The van der Waals surface area contributed by atoms with E-state index in [1.54, 1.807) is 17.0 Å². The van der Waals surface area contributed by atoms with Gasteiger partial charge in [-0.2, -0.15) is 0 Å². The van der Waals surface area contributed by atoms with E-state index in [-0.39, 0.29) is 24.8 Å². The Bertz CT molecular complexity index is 606.